The SMILES string of the molecule is CC(C)Oc1ccc(Nc2nccc(Nc3cccc(Br)c3)n2)cc1. The van der Waals surface area contributed by atoms with Gasteiger partial charge in [0.05, 0.1) is 6.10 Å². The predicted octanol–water partition coefficient (Wildman–Crippen LogP) is 5.51. The number of nitrogens with zero attached hydrogens (tertiary/aromatic N) is 2. The maximum Gasteiger partial charge on any atom is 0.229 e. The van der Waals surface area contributed by atoms with Crippen molar-refractivity contribution >= 4 is 39.1 Å². The van der Waals surface area contributed by atoms with E-state index in [0.29, 0.717) is 5.95 Å². The Bertz CT molecular complexity index is 837. The molecule has 0 atom stereocenters. The van der Waals surface area contributed by atoms with Crippen LogP contribution in [0.5, 0.6) is 5.75 Å². The molecule has 128 valence electrons. The number of rotatable bonds is 6. The second-order valence-electron chi connectivity index (χ2n) is 5.72. The number of hydrogen-bond donors (Lipinski definition) is 2. The summed E-state index contributed by atoms with van der Waals surface area (Å²) >= 11 is 3.46. The quantitative estimate of drug-likeness (QED) is 0.572. The van der Waals surface area contributed by atoms with E-state index in [2.05, 4.69) is 36.5 Å². The van der Waals surface area contributed by atoms with Gasteiger partial charge in [-0.1, -0.05) is 22.0 Å². The van der Waals surface area contributed by atoms with E-state index in [1.807, 2.05) is 68.4 Å². The van der Waals surface area contributed by atoms with Crippen molar-refractivity contribution in [2.45, 2.75) is 20.0 Å². The lowest BCUT2D eigenvalue weighted by Gasteiger charge is -2.11. The minimum Gasteiger partial charge on any atom is -0.491 e. The van der Waals surface area contributed by atoms with Crippen LogP contribution in [-0.2, 0) is 0 Å². The Balaban J connectivity index is 1.69. The second-order valence-corrected chi connectivity index (χ2v) is 6.63. The minimum atomic E-state index is 0.155. The van der Waals surface area contributed by atoms with Gasteiger partial charge in [-0.2, -0.15) is 4.98 Å². The maximum absolute atomic E-state index is 5.64. The van der Waals surface area contributed by atoms with Crippen LogP contribution in [0.3, 0.4) is 0 Å². The molecule has 3 aromatic rings. The molecule has 1 aromatic heterocycles. The number of hydrogen-bond acceptors (Lipinski definition) is 5. The molecule has 3 rings (SSSR count). The Hall–Kier alpha value is -2.60. The van der Waals surface area contributed by atoms with E-state index in [9.17, 15) is 0 Å². The van der Waals surface area contributed by atoms with E-state index in [1.54, 1.807) is 6.20 Å². The number of anilines is 4. The highest BCUT2D eigenvalue weighted by Crippen LogP contribution is 2.22. The Morgan fingerprint density at radius 3 is 2.48 bits per heavy atom. The van der Waals surface area contributed by atoms with Gasteiger partial charge in [0.25, 0.3) is 0 Å². The van der Waals surface area contributed by atoms with Gasteiger partial charge in [0.1, 0.15) is 11.6 Å². The van der Waals surface area contributed by atoms with E-state index in [0.717, 1.165) is 27.4 Å². The fourth-order valence-corrected chi connectivity index (χ4v) is 2.62. The summed E-state index contributed by atoms with van der Waals surface area (Å²) in [5.41, 5.74) is 1.85. The average molecular weight is 399 g/mol. The Morgan fingerprint density at radius 1 is 0.960 bits per heavy atom. The van der Waals surface area contributed by atoms with Crippen molar-refractivity contribution < 1.29 is 4.74 Å². The molecule has 0 saturated carbocycles. The van der Waals surface area contributed by atoms with Gasteiger partial charge < -0.3 is 15.4 Å². The van der Waals surface area contributed by atoms with Gasteiger partial charge in [0.2, 0.25) is 5.95 Å². The molecule has 0 unspecified atom stereocenters. The molecule has 0 aliphatic heterocycles. The molecule has 0 aliphatic carbocycles. The van der Waals surface area contributed by atoms with Crippen LogP contribution in [0.15, 0.2) is 65.3 Å². The third-order valence-electron chi connectivity index (χ3n) is 3.23. The van der Waals surface area contributed by atoms with E-state index in [-0.39, 0.29) is 6.10 Å². The summed E-state index contributed by atoms with van der Waals surface area (Å²) in [6, 6.07) is 17.5. The van der Waals surface area contributed by atoms with E-state index in [4.69, 9.17) is 4.74 Å². The Kier molecular flexibility index (Phi) is 5.50. The zero-order valence-electron chi connectivity index (χ0n) is 14.0. The van der Waals surface area contributed by atoms with E-state index < -0.39 is 0 Å². The van der Waals surface area contributed by atoms with Gasteiger partial charge >= 0.3 is 0 Å². The zero-order valence-corrected chi connectivity index (χ0v) is 15.6. The molecular formula is C19H19BrN4O. The first-order valence-corrected chi connectivity index (χ1v) is 8.77. The van der Waals surface area contributed by atoms with Crippen LogP contribution < -0.4 is 15.4 Å². The highest BCUT2D eigenvalue weighted by atomic mass is 79.9. The standard InChI is InChI=1S/C19H19BrN4O/c1-13(2)25-17-8-6-15(7-9-17)23-19-21-11-10-18(24-19)22-16-5-3-4-14(20)12-16/h3-13H,1-2H3,(H2,21,22,23,24). The zero-order chi connectivity index (χ0) is 17.6. The number of benzene rings is 2. The van der Waals surface area contributed by atoms with Gasteiger partial charge in [-0.15, -0.1) is 0 Å². The molecule has 0 saturated heterocycles. The van der Waals surface area contributed by atoms with Crippen LogP contribution in [0.2, 0.25) is 0 Å². The summed E-state index contributed by atoms with van der Waals surface area (Å²) in [6.07, 6.45) is 1.87. The van der Waals surface area contributed by atoms with Crippen LogP contribution in [0.25, 0.3) is 0 Å². The predicted molar refractivity (Wildman–Crippen MR) is 105 cm³/mol. The minimum absolute atomic E-state index is 0.155. The monoisotopic (exact) mass is 398 g/mol. The average Bonchev–Trinajstić information content (AvgIpc) is 2.57. The molecule has 6 heteroatoms. The summed E-state index contributed by atoms with van der Waals surface area (Å²) < 4.78 is 6.65. The van der Waals surface area contributed by atoms with E-state index >= 15 is 0 Å². The molecule has 1 heterocycles. The fraction of sp³-hybridized carbons (Fsp3) is 0.158. The Morgan fingerprint density at radius 2 is 1.76 bits per heavy atom. The van der Waals surface area contributed by atoms with Gasteiger partial charge in [0.15, 0.2) is 0 Å². The van der Waals surface area contributed by atoms with Crippen molar-refractivity contribution in [1.82, 2.24) is 9.97 Å². The highest BCUT2D eigenvalue weighted by Gasteiger charge is 2.03. The number of halogens is 1. The largest absolute Gasteiger partial charge is 0.491 e. The van der Waals surface area contributed by atoms with Crippen molar-refractivity contribution in [3.05, 3.63) is 65.3 Å². The van der Waals surface area contributed by atoms with Crippen LogP contribution in [-0.4, -0.2) is 16.1 Å². The topological polar surface area (TPSA) is 59.1 Å². The molecule has 0 radical (unpaired) electrons. The first kappa shape index (κ1) is 17.2. The number of aromatic nitrogens is 2. The Labute approximate surface area is 155 Å². The van der Waals surface area contributed by atoms with E-state index in [1.165, 1.54) is 0 Å². The highest BCUT2D eigenvalue weighted by molar-refractivity contribution is 9.10. The number of nitrogens with one attached hydrogen (secondary N) is 2. The molecule has 0 aliphatic rings. The number of ether oxygens (including phenoxy) is 1. The second kappa shape index (κ2) is 7.98. The fourth-order valence-electron chi connectivity index (χ4n) is 2.22. The van der Waals surface area contributed by atoms with Crippen LogP contribution >= 0.6 is 15.9 Å². The normalized spacial score (nSPS) is 10.6. The third-order valence-corrected chi connectivity index (χ3v) is 3.73. The van der Waals surface area contributed by atoms with Crippen LogP contribution in [0.1, 0.15) is 13.8 Å². The van der Waals surface area contributed by atoms with Crippen molar-refractivity contribution in [1.29, 1.82) is 0 Å². The first-order chi connectivity index (χ1) is 12.1. The van der Waals surface area contributed by atoms with Crippen molar-refractivity contribution in [3.8, 4) is 5.75 Å². The molecule has 2 N–H and O–H groups in total. The lowest BCUT2D eigenvalue weighted by atomic mass is 10.3. The van der Waals surface area contributed by atoms with Crippen molar-refractivity contribution in [2.75, 3.05) is 10.6 Å². The summed E-state index contributed by atoms with van der Waals surface area (Å²) in [6.45, 7) is 4.01. The first-order valence-electron chi connectivity index (χ1n) is 7.98. The smallest absolute Gasteiger partial charge is 0.229 e. The molecule has 2 aromatic carbocycles. The summed E-state index contributed by atoms with van der Waals surface area (Å²) in [5, 5.41) is 6.46. The molecule has 0 fully saturated rings. The molecule has 0 bridgehead atoms. The molecule has 25 heavy (non-hydrogen) atoms. The van der Waals surface area contributed by atoms with Crippen molar-refractivity contribution in [2.24, 2.45) is 0 Å². The van der Waals surface area contributed by atoms with Gasteiger partial charge in [-0.25, -0.2) is 4.98 Å². The third kappa shape index (κ3) is 5.19. The summed E-state index contributed by atoms with van der Waals surface area (Å²) in [5.74, 6) is 2.08. The lowest BCUT2D eigenvalue weighted by Crippen LogP contribution is -2.05. The lowest BCUT2D eigenvalue weighted by molar-refractivity contribution is 0.242. The van der Waals surface area contributed by atoms with Crippen LogP contribution in [0.4, 0.5) is 23.1 Å². The summed E-state index contributed by atoms with van der Waals surface area (Å²) in [4.78, 5) is 8.75. The summed E-state index contributed by atoms with van der Waals surface area (Å²) in [7, 11) is 0. The maximum atomic E-state index is 5.64. The van der Waals surface area contributed by atoms with Gasteiger partial charge in [0, 0.05) is 22.0 Å². The molecular weight excluding hydrogens is 380 g/mol. The van der Waals surface area contributed by atoms with Crippen LogP contribution in [0, 0.1) is 0 Å². The molecule has 0 amide bonds. The molecule has 5 nitrogen and oxygen atoms in total. The van der Waals surface area contributed by atoms with Gasteiger partial charge in [-0.05, 0) is 62.4 Å². The van der Waals surface area contributed by atoms with Gasteiger partial charge in [-0.3, -0.25) is 0 Å². The molecule has 0 spiro atoms. The van der Waals surface area contributed by atoms with Crippen molar-refractivity contribution in [3.63, 3.8) is 0 Å².